The Morgan fingerprint density at radius 2 is 2.08 bits per heavy atom. The summed E-state index contributed by atoms with van der Waals surface area (Å²) < 4.78 is 65.8. The van der Waals surface area contributed by atoms with Crippen molar-refractivity contribution < 1.29 is 22.0 Å². The van der Waals surface area contributed by atoms with Crippen LogP contribution >= 0.6 is 0 Å². The molecule has 0 spiro atoms. The summed E-state index contributed by atoms with van der Waals surface area (Å²) in [6.07, 6.45) is -5.16. The molecule has 0 aliphatic carbocycles. The minimum Gasteiger partial charge on any atom is -0.340 e. The summed E-state index contributed by atoms with van der Waals surface area (Å²) >= 11 is 0. The predicted molar refractivity (Wildman–Crippen MR) is 88.3 cm³/mol. The highest BCUT2D eigenvalue weighted by Gasteiger charge is 2.29. The molecule has 1 fully saturated rings. The van der Waals surface area contributed by atoms with Crippen LogP contribution in [0.15, 0.2) is 18.2 Å². The molecule has 1 aliphatic heterocycles. The summed E-state index contributed by atoms with van der Waals surface area (Å²) in [5.74, 6) is -0.00521. The fourth-order valence-corrected chi connectivity index (χ4v) is 3.10. The van der Waals surface area contributed by atoms with Crippen LogP contribution in [-0.4, -0.2) is 54.1 Å². The number of fused-ring (bicyclic) bond motifs is 1. The van der Waals surface area contributed by atoms with E-state index in [1.54, 1.807) is 9.47 Å². The first-order chi connectivity index (χ1) is 12.2. The molecule has 0 amide bonds. The van der Waals surface area contributed by atoms with Crippen molar-refractivity contribution >= 4 is 17.0 Å². The van der Waals surface area contributed by atoms with Gasteiger partial charge in [0.25, 0.3) is 0 Å². The van der Waals surface area contributed by atoms with Gasteiger partial charge in [-0.2, -0.15) is 13.2 Å². The number of piperidine rings is 1. The van der Waals surface area contributed by atoms with Crippen LogP contribution in [0.25, 0.3) is 11.0 Å². The molecule has 2 aromatic rings. The lowest BCUT2D eigenvalue weighted by atomic mass is 10.1. The van der Waals surface area contributed by atoms with Gasteiger partial charge in [0, 0.05) is 26.2 Å². The van der Waals surface area contributed by atoms with Crippen molar-refractivity contribution in [3.63, 3.8) is 0 Å². The number of aromatic nitrogens is 2. The highest BCUT2D eigenvalue weighted by molar-refractivity contribution is 5.79. The molecule has 0 unspecified atom stereocenters. The number of hydrogen-bond donors (Lipinski definition) is 2. The Hall–Kier alpha value is -1.94. The van der Waals surface area contributed by atoms with Crippen molar-refractivity contribution in [2.75, 3.05) is 31.1 Å². The molecular formula is C16H20F5N5. The van der Waals surface area contributed by atoms with E-state index in [1.807, 2.05) is 0 Å². The van der Waals surface area contributed by atoms with Gasteiger partial charge in [-0.15, -0.1) is 0 Å². The van der Waals surface area contributed by atoms with E-state index in [-0.39, 0.29) is 26.1 Å². The molecule has 2 heterocycles. The Kier molecular flexibility index (Phi) is 5.33. The standard InChI is InChI=1S/C16H20F5N5/c17-10-1-2-13-14(7-10)26(6-4-23-9-16(19,20)21)15(24-13)25-5-3-11(18)12(22)8-25/h1-2,7,11-12,23H,3-6,8-9,22H2/t11-,12-/m1/s1. The Morgan fingerprint density at radius 1 is 1.31 bits per heavy atom. The zero-order chi connectivity index (χ0) is 18.9. The van der Waals surface area contributed by atoms with Gasteiger partial charge in [-0.05, 0) is 24.6 Å². The van der Waals surface area contributed by atoms with Crippen molar-refractivity contribution in [3.8, 4) is 0 Å². The van der Waals surface area contributed by atoms with E-state index in [2.05, 4.69) is 10.3 Å². The molecule has 1 saturated heterocycles. The second-order valence-corrected chi connectivity index (χ2v) is 6.40. The van der Waals surface area contributed by atoms with E-state index >= 15 is 0 Å². The molecule has 1 aromatic heterocycles. The van der Waals surface area contributed by atoms with Gasteiger partial charge in [0.05, 0.1) is 23.6 Å². The summed E-state index contributed by atoms with van der Waals surface area (Å²) in [5.41, 5.74) is 6.79. The van der Waals surface area contributed by atoms with Crippen LogP contribution in [0, 0.1) is 5.82 Å². The minimum atomic E-state index is -4.30. The Bertz CT molecular complexity index is 759. The Balaban J connectivity index is 1.84. The summed E-state index contributed by atoms with van der Waals surface area (Å²) in [4.78, 5) is 6.25. The largest absolute Gasteiger partial charge is 0.401 e. The number of anilines is 1. The molecule has 3 N–H and O–H groups in total. The first-order valence-electron chi connectivity index (χ1n) is 8.32. The second kappa shape index (κ2) is 7.36. The number of nitrogens with two attached hydrogens (primary N) is 1. The smallest absolute Gasteiger partial charge is 0.340 e. The molecule has 0 saturated carbocycles. The number of nitrogens with one attached hydrogen (secondary N) is 1. The van der Waals surface area contributed by atoms with Gasteiger partial charge in [-0.25, -0.2) is 13.8 Å². The van der Waals surface area contributed by atoms with Crippen molar-refractivity contribution in [2.24, 2.45) is 5.73 Å². The van der Waals surface area contributed by atoms with Gasteiger partial charge in [0.15, 0.2) is 0 Å². The number of imidazole rings is 1. The Morgan fingerprint density at radius 3 is 2.77 bits per heavy atom. The summed E-state index contributed by atoms with van der Waals surface area (Å²) in [5, 5.41) is 2.32. The maximum absolute atomic E-state index is 13.6. The molecule has 144 valence electrons. The quantitative estimate of drug-likeness (QED) is 0.620. The maximum Gasteiger partial charge on any atom is 0.401 e. The van der Waals surface area contributed by atoms with Crippen LogP contribution in [0.1, 0.15) is 6.42 Å². The monoisotopic (exact) mass is 377 g/mol. The van der Waals surface area contributed by atoms with Crippen molar-refractivity contribution in [2.45, 2.75) is 31.4 Å². The summed E-state index contributed by atoms with van der Waals surface area (Å²) in [6, 6.07) is 3.40. The molecule has 0 bridgehead atoms. The van der Waals surface area contributed by atoms with Crippen molar-refractivity contribution in [3.05, 3.63) is 24.0 Å². The van der Waals surface area contributed by atoms with E-state index < -0.39 is 30.8 Å². The topological polar surface area (TPSA) is 59.1 Å². The van der Waals surface area contributed by atoms with Gasteiger partial charge in [-0.1, -0.05) is 0 Å². The fraction of sp³-hybridized carbons (Fsp3) is 0.562. The lowest BCUT2D eigenvalue weighted by molar-refractivity contribution is -0.124. The van der Waals surface area contributed by atoms with Crippen LogP contribution in [0.5, 0.6) is 0 Å². The third-order valence-electron chi connectivity index (χ3n) is 4.38. The lowest BCUT2D eigenvalue weighted by Gasteiger charge is -2.34. The highest BCUT2D eigenvalue weighted by Crippen LogP contribution is 2.26. The molecule has 1 aliphatic rings. The molecule has 0 radical (unpaired) electrons. The lowest BCUT2D eigenvalue weighted by Crippen LogP contribution is -2.50. The minimum absolute atomic E-state index is 0.0279. The number of alkyl halides is 4. The third kappa shape index (κ3) is 4.24. The number of nitrogens with zero attached hydrogens (tertiary/aromatic N) is 3. The maximum atomic E-state index is 13.6. The van der Waals surface area contributed by atoms with Crippen molar-refractivity contribution in [1.82, 2.24) is 14.9 Å². The van der Waals surface area contributed by atoms with Crippen LogP contribution in [-0.2, 0) is 6.54 Å². The van der Waals surface area contributed by atoms with Crippen LogP contribution in [0.3, 0.4) is 0 Å². The van der Waals surface area contributed by atoms with Crippen LogP contribution < -0.4 is 16.0 Å². The summed E-state index contributed by atoms with van der Waals surface area (Å²) in [6.45, 7) is -0.294. The fourth-order valence-electron chi connectivity index (χ4n) is 3.10. The van der Waals surface area contributed by atoms with Crippen LogP contribution in [0.4, 0.5) is 27.9 Å². The van der Waals surface area contributed by atoms with Crippen LogP contribution in [0.2, 0.25) is 0 Å². The van der Waals surface area contributed by atoms with Gasteiger partial charge in [0.2, 0.25) is 5.95 Å². The Labute approximate surface area is 147 Å². The second-order valence-electron chi connectivity index (χ2n) is 6.40. The molecule has 5 nitrogen and oxygen atoms in total. The summed E-state index contributed by atoms with van der Waals surface area (Å²) in [7, 11) is 0. The normalized spacial score (nSPS) is 21.5. The van der Waals surface area contributed by atoms with Gasteiger partial charge in [0.1, 0.15) is 12.0 Å². The molecule has 2 atom stereocenters. The zero-order valence-electron chi connectivity index (χ0n) is 13.9. The number of benzene rings is 1. The molecular weight excluding hydrogens is 357 g/mol. The first-order valence-corrected chi connectivity index (χ1v) is 8.32. The zero-order valence-corrected chi connectivity index (χ0v) is 13.9. The third-order valence-corrected chi connectivity index (χ3v) is 4.38. The predicted octanol–water partition coefficient (Wildman–Crippen LogP) is 2.20. The van der Waals surface area contributed by atoms with E-state index in [9.17, 15) is 22.0 Å². The average Bonchev–Trinajstić information content (AvgIpc) is 2.91. The number of hydrogen-bond acceptors (Lipinski definition) is 4. The van der Waals surface area contributed by atoms with Gasteiger partial charge in [-0.3, -0.25) is 0 Å². The average molecular weight is 377 g/mol. The SMILES string of the molecule is N[C@@H]1CN(c2nc3ccc(F)cc3n2CCNCC(F)(F)F)CC[C@H]1F. The molecule has 1 aromatic carbocycles. The number of rotatable bonds is 5. The van der Waals surface area contributed by atoms with E-state index in [4.69, 9.17) is 5.73 Å². The molecule has 3 rings (SSSR count). The van der Waals surface area contributed by atoms with E-state index in [0.717, 1.165) is 0 Å². The van der Waals surface area contributed by atoms with Gasteiger partial charge < -0.3 is 20.5 Å². The number of halogens is 5. The highest BCUT2D eigenvalue weighted by atomic mass is 19.4. The first kappa shape index (κ1) is 18.8. The van der Waals surface area contributed by atoms with E-state index in [1.165, 1.54) is 18.2 Å². The van der Waals surface area contributed by atoms with Crippen molar-refractivity contribution in [1.29, 1.82) is 0 Å². The van der Waals surface area contributed by atoms with Gasteiger partial charge >= 0.3 is 6.18 Å². The van der Waals surface area contributed by atoms with E-state index in [0.29, 0.717) is 23.5 Å². The molecule has 26 heavy (non-hydrogen) atoms. The molecule has 10 heteroatoms.